The monoisotopic (exact) mass is 605 g/mol. The number of nitrogens with one attached hydrogen (secondary N) is 1. The van der Waals surface area contributed by atoms with Gasteiger partial charge in [0.25, 0.3) is 0 Å². The van der Waals surface area contributed by atoms with Gasteiger partial charge in [0.1, 0.15) is 11.6 Å². The number of nitrogens with two attached hydrogens (primary N) is 1. The summed E-state index contributed by atoms with van der Waals surface area (Å²) in [6.07, 6.45) is 11.6. The molecule has 2 unspecified atom stereocenters. The summed E-state index contributed by atoms with van der Waals surface area (Å²) in [4.78, 5) is 35.8. The highest BCUT2D eigenvalue weighted by Crippen LogP contribution is 2.48. The van der Waals surface area contributed by atoms with E-state index in [2.05, 4.69) is 38.2 Å². The van der Waals surface area contributed by atoms with Crippen molar-refractivity contribution in [1.82, 2.24) is 35.3 Å². The van der Waals surface area contributed by atoms with Crippen LogP contribution in [0.5, 0.6) is 6.01 Å². The quantitative estimate of drug-likeness (QED) is 0.331. The molecule has 4 aliphatic rings. The zero-order chi connectivity index (χ0) is 29.7. The smallest absolute Gasteiger partial charge is 0.321 e. The number of piperazine rings is 1. The van der Waals surface area contributed by atoms with Gasteiger partial charge in [0.05, 0.1) is 17.6 Å². The Morgan fingerprint density at radius 2 is 2.02 bits per heavy atom. The highest BCUT2D eigenvalue weighted by atomic mass is 32.1. The molecule has 3 fully saturated rings. The number of aliphatic hydroxyl groups excluding tert-OH is 1. The van der Waals surface area contributed by atoms with Crippen LogP contribution in [0.15, 0.2) is 4.52 Å². The first-order valence-corrected chi connectivity index (χ1v) is 15.7. The van der Waals surface area contributed by atoms with E-state index < -0.39 is 12.0 Å². The van der Waals surface area contributed by atoms with Gasteiger partial charge in [0.2, 0.25) is 29.4 Å². The third-order valence-electron chi connectivity index (χ3n) is 9.21. The van der Waals surface area contributed by atoms with Crippen molar-refractivity contribution in [2.24, 2.45) is 5.92 Å². The Kier molecular flexibility index (Phi) is 7.19. The summed E-state index contributed by atoms with van der Waals surface area (Å²) in [5.41, 5.74) is 7.41. The SMILES string of the molecule is C#Cc1c(N)sc2c1[C@](C)(c1nc(-c3nc(OC[C@@H]4CCN(C(=O)CO)C4)nc(N4CC5CCC(C4)N5)n3)no1)CCC2. The molecule has 3 saturated heterocycles. The molecule has 4 N–H and O–H groups in total. The van der Waals surface area contributed by atoms with Crippen molar-refractivity contribution in [1.29, 1.82) is 0 Å². The summed E-state index contributed by atoms with van der Waals surface area (Å²) in [6, 6.07) is 0.950. The van der Waals surface area contributed by atoms with Crippen molar-refractivity contribution < 1.29 is 19.2 Å². The summed E-state index contributed by atoms with van der Waals surface area (Å²) in [6.45, 7) is 4.60. The number of rotatable bonds is 7. The standard InChI is InChI=1S/C29H35N9O4S/c1-3-19-22-20(43-23(19)30)5-4-9-29(22,2)26-32-25(36-42-26)24-33-27(38-12-17-6-7-18(13-38)31-17)35-28(34-24)41-15-16-8-10-37(11-16)21(40)14-39/h1,16-18,31,39H,4-15,30H2,2H3/t16-,17?,18?,29-/m1/s1. The lowest BCUT2D eigenvalue weighted by Crippen LogP contribution is -2.51. The largest absolute Gasteiger partial charge is 0.463 e. The van der Waals surface area contributed by atoms with Crippen LogP contribution >= 0.6 is 11.3 Å². The number of aromatic nitrogens is 5. The van der Waals surface area contributed by atoms with Crippen LogP contribution in [0.25, 0.3) is 11.6 Å². The van der Waals surface area contributed by atoms with Crippen LogP contribution < -0.4 is 20.7 Å². The molecule has 0 spiro atoms. The number of aliphatic hydroxyl groups is 1. The van der Waals surface area contributed by atoms with Crippen LogP contribution in [0, 0.1) is 18.3 Å². The summed E-state index contributed by atoms with van der Waals surface area (Å²) >= 11 is 1.54. The molecule has 0 saturated carbocycles. The van der Waals surface area contributed by atoms with Crippen molar-refractivity contribution in [2.75, 3.05) is 50.0 Å². The maximum absolute atomic E-state index is 11.9. The average molecular weight is 606 g/mol. The second-order valence-corrected chi connectivity index (χ2v) is 13.3. The molecular formula is C29H35N9O4S. The van der Waals surface area contributed by atoms with Crippen LogP contribution in [0.1, 0.15) is 60.9 Å². The van der Waals surface area contributed by atoms with Gasteiger partial charge in [-0.2, -0.15) is 19.9 Å². The molecule has 3 aliphatic heterocycles. The number of carbonyl (C=O) groups is 1. The Balaban J connectivity index is 1.19. The Morgan fingerprint density at radius 3 is 2.79 bits per heavy atom. The number of thiophene rings is 1. The number of amides is 1. The molecule has 13 nitrogen and oxygen atoms in total. The number of fused-ring (bicyclic) bond motifs is 3. The van der Waals surface area contributed by atoms with E-state index in [1.807, 2.05) is 0 Å². The fourth-order valence-electron chi connectivity index (χ4n) is 6.98. The lowest BCUT2D eigenvalue weighted by atomic mass is 9.72. The second kappa shape index (κ2) is 11.0. The van der Waals surface area contributed by atoms with Crippen molar-refractivity contribution in [3.63, 3.8) is 0 Å². The van der Waals surface area contributed by atoms with Crippen molar-refractivity contribution in [3.8, 4) is 30.0 Å². The molecule has 7 rings (SSSR count). The van der Waals surface area contributed by atoms with E-state index in [0.29, 0.717) is 54.2 Å². The number of likely N-dealkylation sites (tertiary alicyclic amines) is 1. The molecule has 0 aromatic carbocycles. The average Bonchev–Trinajstić information content (AvgIpc) is 3.82. The van der Waals surface area contributed by atoms with Gasteiger partial charge in [-0.1, -0.05) is 11.1 Å². The molecule has 0 radical (unpaired) electrons. The lowest BCUT2D eigenvalue weighted by Gasteiger charge is -2.32. The number of carbonyl (C=O) groups excluding carboxylic acids is 1. The second-order valence-electron chi connectivity index (χ2n) is 12.1. The zero-order valence-corrected chi connectivity index (χ0v) is 24.9. The van der Waals surface area contributed by atoms with E-state index in [9.17, 15) is 9.90 Å². The molecule has 4 atom stereocenters. The first kappa shape index (κ1) is 28.0. The fraction of sp³-hybridized carbons (Fsp3) is 0.586. The van der Waals surface area contributed by atoms with Crippen LogP contribution in [0.4, 0.5) is 10.9 Å². The summed E-state index contributed by atoms with van der Waals surface area (Å²) in [7, 11) is 0. The number of nitrogens with zero attached hydrogens (tertiary/aromatic N) is 7. The van der Waals surface area contributed by atoms with E-state index in [-0.39, 0.29) is 29.5 Å². The molecule has 3 aromatic heterocycles. The number of terminal acetylenes is 1. The summed E-state index contributed by atoms with van der Waals surface area (Å²) < 4.78 is 12.0. The van der Waals surface area contributed by atoms with Crippen LogP contribution in [0.2, 0.25) is 0 Å². The number of aryl methyl sites for hydroxylation is 1. The van der Waals surface area contributed by atoms with Crippen molar-refractivity contribution in [2.45, 2.75) is 62.9 Å². The normalized spacial score (nSPS) is 26.4. The minimum atomic E-state index is -0.581. The van der Waals surface area contributed by atoms with Gasteiger partial charge in [-0.05, 0) is 51.0 Å². The maximum Gasteiger partial charge on any atom is 0.321 e. The Morgan fingerprint density at radius 1 is 1.21 bits per heavy atom. The van der Waals surface area contributed by atoms with Gasteiger partial charge < -0.3 is 35.2 Å². The van der Waals surface area contributed by atoms with E-state index in [1.54, 1.807) is 4.90 Å². The van der Waals surface area contributed by atoms with E-state index in [4.69, 9.17) is 31.4 Å². The molecule has 3 aromatic rings. The number of nitrogen functional groups attached to an aromatic ring is 1. The minimum absolute atomic E-state index is 0.106. The predicted octanol–water partition coefficient (Wildman–Crippen LogP) is 1.35. The maximum atomic E-state index is 11.9. The Hall–Kier alpha value is -3.80. The summed E-state index contributed by atoms with van der Waals surface area (Å²) in [5, 5.41) is 17.8. The van der Waals surface area contributed by atoms with Gasteiger partial charge in [0.15, 0.2) is 0 Å². The Bertz CT molecular complexity index is 1570. The van der Waals surface area contributed by atoms with Gasteiger partial charge in [0, 0.05) is 49.1 Å². The van der Waals surface area contributed by atoms with Crippen LogP contribution in [-0.4, -0.2) is 92.5 Å². The van der Waals surface area contributed by atoms with Gasteiger partial charge in [-0.3, -0.25) is 4.79 Å². The third kappa shape index (κ3) is 5.09. The fourth-order valence-corrected chi connectivity index (χ4v) is 8.18. The van der Waals surface area contributed by atoms with Crippen molar-refractivity contribution >= 4 is 28.2 Å². The molecule has 6 heterocycles. The molecular weight excluding hydrogens is 570 g/mol. The van der Waals surface area contributed by atoms with Gasteiger partial charge in [-0.25, -0.2) is 0 Å². The van der Waals surface area contributed by atoms with E-state index >= 15 is 0 Å². The zero-order valence-electron chi connectivity index (χ0n) is 24.1. The minimum Gasteiger partial charge on any atom is -0.463 e. The number of hydrogen-bond donors (Lipinski definition) is 3. The van der Waals surface area contributed by atoms with Crippen LogP contribution in [-0.2, 0) is 16.6 Å². The topological polar surface area (TPSA) is 169 Å². The molecule has 1 aliphatic carbocycles. The summed E-state index contributed by atoms with van der Waals surface area (Å²) in [5.74, 6) is 4.10. The first-order valence-electron chi connectivity index (χ1n) is 14.9. The highest BCUT2D eigenvalue weighted by molar-refractivity contribution is 7.16. The molecule has 226 valence electrons. The first-order chi connectivity index (χ1) is 20.8. The highest BCUT2D eigenvalue weighted by Gasteiger charge is 2.43. The molecule has 14 heteroatoms. The Labute approximate surface area is 253 Å². The van der Waals surface area contributed by atoms with Gasteiger partial charge in [-0.15, -0.1) is 17.8 Å². The number of ether oxygens (including phenoxy) is 1. The van der Waals surface area contributed by atoms with E-state index in [1.165, 1.54) is 11.3 Å². The lowest BCUT2D eigenvalue weighted by molar-refractivity contribution is -0.133. The van der Waals surface area contributed by atoms with Gasteiger partial charge >= 0.3 is 6.01 Å². The molecule has 2 bridgehead atoms. The molecule has 1 amide bonds. The predicted molar refractivity (Wildman–Crippen MR) is 159 cm³/mol. The van der Waals surface area contributed by atoms with Crippen molar-refractivity contribution in [3.05, 3.63) is 21.9 Å². The van der Waals surface area contributed by atoms with Crippen LogP contribution in [0.3, 0.4) is 0 Å². The number of anilines is 2. The third-order valence-corrected chi connectivity index (χ3v) is 10.3. The number of hydrogen-bond acceptors (Lipinski definition) is 13. The molecule has 43 heavy (non-hydrogen) atoms. The van der Waals surface area contributed by atoms with E-state index in [0.717, 1.165) is 62.1 Å².